The van der Waals surface area contributed by atoms with Crippen LogP contribution in [0.15, 0.2) is 46.2 Å². The number of halogens is 1. The summed E-state index contributed by atoms with van der Waals surface area (Å²) in [6, 6.07) is 6.95. The maximum Gasteiger partial charge on any atom is 0.341 e. The quantitative estimate of drug-likeness (QED) is 0.394. The van der Waals surface area contributed by atoms with E-state index in [1.807, 2.05) is 0 Å². The molecule has 0 aliphatic heterocycles. The minimum atomic E-state index is -0.530. The van der Waals surface area contributed by atoms with Crippen molar-refractivity contribution in [1.82, 2.24) is 0 Å². The van der Waals surface area contributed by atoms with Crippen molar-refractivity contribution in [2.75, 3.05) is 7.11 Å². The van der Waals surface area contributed by atoms with Gasteiger partial charge in [0.1, 0.15) is 11.4 Å². The normalized spacial score (nSPS) is 11.2. The molecule has 0 aliphatic rings. The van der Waals surface area contributed by atoms with Gasteiger partial charge in [-0.2, -0.15) is 0 Å². The summed E-state index contributed by atoms with van der Waals surface area (Å²) in [6.45, 7) is -0.0840. The van der Waals surface area contributed by atoms with Crippen LogP contribution in [-0.4, -0.2) is 18.9 Å². The van der Waals surface area contributed by atoms with Gasteiger partial charge in [-0.15, -0.1) is 0 Å². The topological polar surface area (TPSA) is 87.0 Å². The van der Waals surface area contributed by atoms with Gasteiger partial charge in [-0.3, -0.25) is 0 Å². The van der Waals surface area contributed by atoms with Crippen molar-refractivity contribution in [3.05, 3.63) is 59.3 Å². The number of oxime groups is 1. The van der Waals surface area contributed by atoms with Crippen LogP contribution in [0.4, 0.5) is 4.39 Å². The fourth-order valence-electron chi connectivity index (χ4n) is 1.58. The summed E-state index contributed by atoms with van der Waals surface area (Å²) < 4.78 is 22.5. The standard InChI is InChI=1S/C14H13FN2O4/c1-19-14(18)11-6-7-20-12(11)8-21-17-13(16)9-2-4-10(15)5-3-9/h2-7H,8H2,1H3,(H2,16,17). The van der Waals surface area contributed by atoms with E-state index < -0.39 is 5.97 Å². The van der Waals surface area contributed by atoms with Crippen molar-refractivity contribution in [3.63, 3.8) is 0 Å². The number of methoxy groups -OCH3 is 1. The molecule has 1 heterocycles. The largest absolute Gasteiger partial charge is 0.465 e. The maximum atomic E-state index is 12.8. The number of hydrogen-bond acceptors (Lipinski definition) is 5. The van der Waals surface area contributed by atoms with E-state index in [4.69, 9.17) is 15.0 Å². The number of nitrogens with zero attached hydrogens (tertiary/aromatic N) is 1. The molecule has 0 aliphatic carbocycles. The Morgan fingerprint density at radius 3 is 2.71 bits per heavy atom. The number of benzene rings is 1. The van der Waals surface area contributed by atoms with Gasteiger partial charge >= 0.3 is 5.97 Å². The number of hydrogen-bond donors (Lipinski definition) is 1. The maximum absolute atomic E-state index is 12.8. The summed E-state index contributed by atoms with van der Waals surface area (Å²) in [7, 11) is 1.27. The Hall–Kier alpha value is -2.83. The Labute approximate surface area is 119 Å². The summed E-state index contributed by atoms with van der Waals surface area (Å²) in [5, 5.41) is 3.69. The number of esters is 1. The molecule has 0 saturated carbocycles. The van der Waals surface area contributed by atoms with Gasteiger partial charge in [0.05, 0.1) is 13.4 Å². The Bertz CT molecular complexity index is 649. The van der Waals surface area contributed by atoms with E-state index in [2.05, 4.69) is 9.89 Å². The van der Waals surface area contributed by atoms with Crippen molar-refractivity contribution in [1.29, 1.82) is 0 Å². The van der Waals surface area contributed by atoms with Gasteiger partial charge in [0.15, 0.2) is 18.2 Å². The van der Waals surface area contributed by atoms with Crippen molar-refractivity contribution in [3.8, 4) is 0 Å². The SMILES string of the molecule is COC(=O)c1ccoc1CO/N=C(\N)c1ccc(F)cc1. The minimum absolute atomic E-state index is 0.0840. The first-order valence-corrected chi connectivity index (χ1v) is 5.98. The van der Waals surface area contributed by atoms with Gasteiger partial charge in [0.2, 0.25) is 0 Å². The fourth-order valence-corrected chi connectivity index (χ4v) is 1.58. The van der Waals surface area contributed by atoms with E-state index in [-0.39, 0.29) is 29.6 Å². The molecule has 2 N–H and O–H groups in total. The summed E-state index contributed by atoms with van der Waals surface area (Å²) in [5.41, 5.74) is 6.46. The van der Waals surface area contributed by atoms with Gasteiger partial charge in [-0.1, -0.05) is 5.16 Å². The number of ether oxygens (including phenoxy) is 1. The summed E-state index contributed by atoms with van der Waals surface area (Å²) in [5.74, 6) is -0.540. The van der Waals surface area contributed by atoms with Crippen molar-refractivity contribution in [2.24, 2.45) is 10.9 Å². The van der Waals surface area contributed by atoms with Crippen LogP contribution >= 0.6 is 0 Å². The molecule has 7 heteroatoms. The van der Waals surface area contributed by atoms with Crippen LogP contribution in [0.2, 0.25) is 0 Å². The third kappa shape index (κ3) is 3.59. The highest BCUT2D eigenvalue weighted by molar-refractivity contribution is 5.97. The van der Waals surface area contributed by atoms with Gasteiger partial charge in [0.25, 0.3) is 0 Å². The van der Waals surface area contributed by atoms with Gasteiger partial charge < -0.3 is 19.7 Å². The van der Waals surface area contributed by atoms with Crippen LogP contribution in [0.25, 0.3) is 0 Å². The van der Waals surface area contributed by atoms with Gasteiger partial charge in [0, 0.05) is 5.56 Å². The van der Waals surface area contributed by atoms with Crippen LogP contribution in [0.5, 0.6) is 0 Å². The van der Waals surface area contributed by atoms with E-state index in [0.29, 0.717) is 5.56 Å². The number of rotatable bonds is 5. The lowest BCUT2D eigenvalue weighted by atomic mass is 10.2. The van der Waals surface area contributed by atoms with Crippen LogP contribution in [0.3, 0.4) is 0 Å². The monoisotopic (exact) mass is 292 g/mol. The van der Waals surface area contributed by atoms with Crippen molar-refractivity contribution < 1.29 is 23.2 Å². The zero-order valence-electron chi connectivity index (χ0n) is 11.2. The van der Waals surface area contributed by atoms with Crippen LogP contribution < -0.4 is 5.73 Å². The number of carbonyl (C=O) groups excluding carboxylic acids is 1. The minimum Gasteiger partial charge on any atom is -0.465 e. The molecular weight excluding hydrogens is 279 g/mol. The van der Waals surface area contributed by atoms with Gasteiger partial charge in [-0.05, 0) is 30.3 Å². The molecule has 21 heavy (non-hydrogen) atoms. The number of nitrogens with two attached hydrogens (primary N) is 1. The zero-order valence-corrected chi connectivity index (χ0v) is 11.2. The molecule has 0 atom stereocenters. The lowest BCUT2D eigenvalue weighted by Crippen LogP contribution is -2.14. The second kappa shape index (κ2) is 6.56. The van der Waals surface area contributed by atoms with Crippen LogP contribution in [0.1, 0.15) is 21.7 Å². The van der Waals surface area contributed by atoms with Crippen LogP contribution in [-0.2, 0) is 16.2 Å². The second-order valence-electron chi connectivity index (χ2n) is 4.01. The molecule has 6 nitrogen and oxygen atoms in total. The second-order valence-corrected chi connectivity index (χ2v) is 4.01. The predicted octanol–water partition coefficient (Wildman–Crippen LogP) is 2.04. The zero-order chi connectivity index (χ0) is 15.2. The Balaban J connectivity index is 2.00. The third-order valence-corrected chi connectivity index (χ3v) is 2.65. The Morgan fingerprint density at radius 1 is 1.33 bits per heavy atom. The molecule has 0 radical (unpaired) electrons. The average Bonchev–Trinajstić information content (AvgIpc) is 2.95. The predicted molar refractivity (Wildman–Crippen MR) is 72.0 cm³/mol. The molecule has 0 unspecified atom stereocenters. The smallest absolute Gasteiger partial charge is 0.341 e. The average molecular weight is 292 g/mol. The molecular formula is C14H13FN2O4. The molecule has 110 valence electrons. The highest BCUT2D eigenvalue weighted by atomic mass is 19.1. The van der Waals surface area contributed by atoms with E-state index in [1.54, 1.807) is 0 Å². The van der Waals surface area contributed by atoms with E-state index in [0.717, 1.165) is 0 Å². The van der Waals surface area contributed by atoms with Crippen molar-refractivity contribution in [2.45, 2.75) is 6.61 Å². The highest BCUT2D eigenvalue weighted by Crippen LogP contribution is 2.13. The molecule has 2 aromatic rings. The first-order chi connectivity index (χ1) is 10.1. The number of amidine groups is 1. The molecule has 0 bridgehead atoms. The van der Waals surface area contributed by atoms with E-state index in [9.17, 15) is 9.18 Å². The molecule has 0 amide bonds. The summed E-state index contributed by atoms with van der Waals surface area (Å²) in [6.07, 6.45) is 1.35. The number of carbonyl (C=O) groups is 1. The molecule has 0 saturated heterocycles. The molecule has 1 aromatic carbocycles. The highest BCUT2D eigenvalue weighted by Gasteiger charge is 2.15. The van der Waals surface area contributed by atoms with Crippen LogP contribution in [0, 0.1) is 5.82 Å². The molecule has 2 rings (SSSR count). The van der Waals surface area contributed by atoms with Gasteiger partial charge in [-0.25, -0.2) is 9.18 Å². The first-order valence-electron chi connectivity index (χ1n) is 5.98. The fraction of sp³-hybridized carbons (Fsp3) is 0.143. The third-order valence-electron chi connectivity index (χ3n) is 2.65. The molecule has 0 fully saturated rings. The first kappa shape index (κ1) is 14.6. The van der Waals surface area contributed by atoms with E-state index >= 15 is 0 Å². The summed E-state index contributed by atoms with van der Waals surface area (Å²) >= 11 is 0. The lowest BCUT2D eigenvalue weighted by Gasteiger charge is -2.02. The van der Waals surface area contributed by atoms with Crippen molar-refractivity contribution >= 4 is 11.8 Å². The Kier molecular flexibility index (Phi) is 4.55. The number of furan rings is 1. The molecule has 1 aromatic heterocycles. The lowest BCUT2D eigenvalue weighted by molar-refractivity contribution is 0.0587. The molecule has 0 spiro atoms. The summed E-state index contributed by atoms with van der Waals surface area (Å²) in [4.78, 5) is 16.4. The Morgan fingerprint density at radius 2 is 2.05 bits per heavy atom. The van der Waals surface area contributed by atoms with E-state index in [1.165, 1.54) is 43.7 Å².